The number of nitriles is 1. The van der Waals surface area contributed by atoms with E-state index in [2.05, 4.69) is 10.6 Å². The Morgan fingerprint density at radius 3 is 2.52 bits per heavy atom. The number of amides is 2. The minimum atomic E-state index is -0.818. The Morgan fingerprint density at radius 2 is 1.87 bits per heavy atom. The first kappa shape index (κ1) is 16.3. The largest absolute Gasteiger partial charge is 0.491 e. The number of carbonyl (C=O) groups excluding carboxylic acids is 1. The predicted octanol–water partition coefficient (Wildman–Crippen LogP) is 2.12. The van der Waals surface area contributed by atoms with Crippen LogP contribution in [0.3, 0.4) is 0 Å². The summed E-state index contributed by atoms with van der Waals surface area (Å²) in [7, 11) is 0. The van der Waals surface area contributed by atoms with Crippen LogP contribution in [0.5, 0.6) is 5.75 Å². The fourth-order valence-corrected chi connectivity index (χ4v) is 1.78. The van der Waals surface area contributed by atoms with Gasteiger partial charge in [-0.25, -0.2) is 4.79 Å². The Hall–Kier alpha value is -3.04. The first-order valence-electron chi connectivity index (χ1n) is 7.08. The van der Waals surface area contributed by atoms with Crippen LogP contribution in [0.25, 0.3) is 0 Å². The SMILES string of the molecule is N#Cc1ccc(NC(=O)NCC(O)COc2ccccc2)cc1. The molecule has 0 aromatic heterocycles. The molecule has 2 amide bonds. The first-order valence-corrected chi connectivity index (χ1v) is 7.08. The van der Waals surface area contributed by atoms with E-state index in [1.165, 1.54) is 0 Å². The molecule has 0 aliphatic rings. The van der Waals surface area contributed by atoms with Crippen molar-refractivity contribution >= 4 is 11.7 Å². The highest BCUT2D eigenvalue weighted by atomic mass is 16.5. The molecule has 2 rings (SSSR count). The quantitative estimate of drug-likeness (QED) is 0.761. The number of anilines is 1. The molecule has 6 nitrogen and oxygen atoms in total. The van der Waals surface area contributed by atoms with Gasteiger partial charge in [0.25, 0.3) is 0 Å². The van der Waals surface area contributed by atoms with Gasteiger partial charge >= 0.3 is 6.03 Å². The smallest absolute Gasteiger partial charge is 0.319 e. The number of rotatable bonds is 6. The van der Waals surface area contributed by atoms with Crippen LogP contribution in [-0.2, 0) is 0 Å². The number of nitrogens with one attached hydrogen (secondary N) is 2. The molecule has 23 heavy (non-hydrogen) atoms. The van der Waals surface area contributed by atoms with Crippen molar-refractivity contribution < 1.29 is 14.6 Å². The third kappa shape index (κ3) is 5.69. The summed E-state index contributed by atoms with van der Waals surface area (Å²) < 4.78 is 5.39. The molecule has 0 fully saturated rings. The Labute approximate surface area is 134 Å². The van der Waals surface area contributed by atoms with Crippen molar-refractivity contribution in [3.8, 4) is 11.8 Å². The number of ether oxygens (including phenoxy) is 1. The van der Waals surface area contributed by atoms with E-state index in [4.69, 9.17) is 10.00 Å². The molecular formula is C17H17N3O3. The summed E-state index contributed by atoms with van der Waals surface area (Å²) in [5, 5.41) is 23.7. The Kier molecular flexibility index (Phi) is 5.98. The summed E-state index contributed by atoms with van der Waals surface area (Å²) in [6.45, 7) is 0.149. The molecule has 0 bridgehead atoms. The molecule has 0 heterocycles. The van der Waals surface area contributed by atoms with Gasteiger partial charge in [0, 0.05) is 12.2 Å². The monoisotopic (exact) mass is 311 g/mol. The van der Waals surface area contributed by atoms with Crippen LogP contribution < -0.4 is 15.4 Å². The lowest BCUT2D eigenvalue weighted by atomic mass is 10.2. The average Bonchev–Trinajstić information content (AvgIpc) is 2.60. The second-order valence-corrected chi connectivity index (χ2v) is 4.80. The second-order valence-electron chi connectivity index (χ2n) is 4.80. The van der Waals surface area contributed by atoms with Crippen molar-refractivity contribution in [2.24, 2.45) is 0 Å². The summed E-state index contributed by atoms with van der Waals surface area (Å²) >= 11 is 0. The van der Waals surface area contributed by atoms with Crippen LogP contribution >= 0.6 is 0 Å². The highest BCUT2D eigenvalue weighted by molar-refractivity contribution is 5.89. The minimum Gasteiger partial charge on any atom is -0.491 e. The molecule has 6 heteroatoms. The third-order valence-electron chi connectivity index (χ3n) is 2.96. The molecule has 0 saturated carbocycles. The number of hydrogen-bond donors (Lipinski definition) is 3. The maximum atomic E-state index is 11.7. The van der Waals surface area contributed by atoms with E-state index in [9.17, 15) is 9.90 Å². The zero-order valence-electron chi connectivity index (χ0n) is 12.4. The van der Waals surface area contributed by atoms with Gasteiger partial charge < -0.3 is 20.5 Å². The van der Waals surface area contributed by atoms with E-state index in [1.54, 1.807) is 36.4 Å². The van der Waals surface area contributed by atoms with Crippen LogP contribution in [0, 0.1) is 11.3 Å². The lowest BCUT2D eigenvalue weighted by Crippen LogP contribution is -2.37. The molecule has 0 spiro atoms. The summed E-state index contributed by atoms with van der Waals surface area (Å²) in [5.74, 6) is 0.661. The van der Waals surface area contributed by atoms with Gasteiger partial charge in [-0.15, -0.1) is 0 Å². The molecule has 2 aromatic carbocycles. The summed E-state index contributed by atoms with van der Waals surface area (Å²) in [6, 6.07) is 17.2. The number of nitrogens with zero attached hydrogens (tertiary/aromatic N) is 1. The van der Waals surface area contributed by atoms with Gasteiger partial charge in [-0.3, -0.25) is 0 Å². The molecule has 3 N–H and O–H groups in total. The highest BCUT2D eigenvalue weighted by Gasteiger charge is 2.08. The zero-order chi connectivity index (χ0) is 16.5. The molecule has 2 aromatic rings. The van der Waals surface area contributed by atoms with Crippen LogP contribution in [0.2, 0.25) is 0 Å². The molecule has 0 aliphatic heterocycles. The van der Waals surface area contributed by atoms with Crippen molar-refractivity contribution in [3.63, 3.8) is 0 Å². The van der Waals surface area contributed by atoms with Crippen LogP contribution in [0.15, 0.2) is 54.6 Å². The number of para-hydroxylation sites is 1. The molecular weight excluding hydrogens is 294 g/mol. The Balaban J connectivity index is 1.70. The number of hydrogen-bond acceptors (Lipinski definition) is 4. The van der Waals surface area contributed by atoms with E-state index in [0.717, 1.165) is 0 Å². The van der Waals surface area contributed by atoms with Crippen molar-refractivity contribution in [2.75, 3.05) is 18.5 Å². The Morgan fingerprint density at radius 1 is 1.17 bits per heavy atom. The van der Waals surface area contributed by atoms with Crippen molar-refractivity contribution in [2.45, 2.75) is 6.10 Å². The number of aliphatic hydroxyl groups excluding tert-OH is 1. The summed E-state index contributed by atoms with van der Waals surface area (Å²) in [5.41, 5.74) is 1.08. The fourth-order valence-electron chi connectivity index (χ4n) is 1.78. The van der Waals surface area contributed by atoms with Gasteiger partial charge in [0.1, 0.15) is 18.5 Å². The van der Waals surface area contributed by atoms with Gasteiger partial charge in [0.15, 0.2) is 0 Å². The topological polar surface area (TPSA) is 94.4 Å². The van der Waals surface area contributed by atoms with Crippen molar-refractivity contribution in [3.05, 3.63) is 60.2 Å². The maximum Gasteiger partial charge on any atom is 0.319 e. The van der Waals surface area contributed by atoms with Gasteiger partial charge in [-0.05, 0) is 36.4 Å². The van der Waals surface area contributed by atoms with E-state index >= 15 is 0 Å². The maximum absolute atomic E-state index is 11.7. The lowest BCUT2D eigenvalue weighted by molar-refractivity contribution is 0.108. The summed E-state index contributed by atoms with van der Waals surface area (Å²) in [4.78, 5) is 11.7. The average molecular weight is 311 g/mol. The van der Waals surface area contributed by atoms with Crippen LogP contribution in [-0.4, -0.2) is 30.4 Å². The standard InChI is InChI=1S/C17H17N3O3/c18-10-13-6-8-14(9-7-13)20-17(22)19-11-15(21)12-23-16-4-2-1-3-5-16/h1-9,15,21H,11-12H2,(H2,19,20,22). The van der Waals surface area contributed by atoms with Gasteiger partial charge in [-0.2, -0.15) is 5.26 Å². The van der Waals surface area contributed by atoms with Crippen molar-refractivity contribution in [1.29, 1.82) is 5.26 Å². The molecule has 1 atom stereocenters. The number of carbonyl (C=O) groups is 1. The summed E-state index contributed by atoms with van der Waals surface area (Å²) in [6.07, 6.45) is -0.818. The van der Waals surface area contributed by atoms with E-state index in [1.807, 2.05) is 24.3 Å². The number of aliphatic hydroxyl groups is 1. The normalized spacial score (nSPS) is 11.1. The molecule has 0 radical (unpaired) electrons. The third-order valence-corrected chi connectivity index (χ3v) is 2.96. The number of benzene rings is 2. The number of urea groups is 1. The molecule has 1 unspecified atom stereocenters. The highest BCUT2D eigenvalue weighted by Crippen LogP contribution is 2.09. The second kappa shape index (κ2) is 8.41. The van der Waals surface area contributed by atoms with E-state index in [0.29, 0.717) is 17.0 Å². The Bertz CT molecular complexity index is 666. The van der Waals surface area contributed by atoms with Crippen molar-refractivity contribution in [1.82, 2.24) is 5.32 Å². The molecule has 118 valence electrons. The van der Waals surface area contributed by atoms with E-state index in [-0.39, 0.29) is 13.2 Å². The predicted molar refractivity (Wildman–Crippen MR) is 86.1 cm³/mol. The van der Waals surface area contributed by atoms with Gasteiger partial charge in [-0.1, -0.05) is 18.2 Å². The molecule has 0 aliphatic carbocycles. The first-order chi connectivity index (χ1) is 11.2. The van der Waals surface area contributed by atoms with Crippen LogP contribution in [0.1, 0.15) is 5.56 Å². The van der Waals surface area contributed by atoms with E-state index < -0.39 is 12.1 Å². The van der Waals surface area contributed by atoms with Gasteiger partial charge in [0.05, 0.1) is 11.6 Å². The molecule has 0 saturated heterocycles. The minimum absolute atomic E-state index is 0.0644. The zero-order valence-corrected chi connectivity index (χ0v) is 12.4. The van der Waals surface area contributed by atoms with Gasteiger partial charge in [0.2, 0.25) is 0 Å². The lowest BCUT2D eigenvalue weighted by Gasteiger charge is -2.13. The fraction of sp³-hybridized carbons (Fsp3) is 0.176. The van der Waals surface area contributed by atoms with Crippen LogP contribution in [0.4, 0.5) is 10.5 Å².